The Hall–Kier alpha value is -2.07. The molecule has 0 spiro atoms. The van der Waals surface area contributed by atoms with Gasteiger partial charge in [0.25, 0.3) is 0 Å². The molecule has 4 atom stereocenters. The SMILES string of the molecule is CN=C(NC#N)NC[C@H]1[C@@H]2C[C@H](c3cnc[nH]3)O[C@H]12. The molecule has 0 aromatic carbocycles. The summed E-state index contributed by atoms with van der Waals surface area (Å²) >= 11 is 0. The second-order valence-electron chi connectivity index (χ2n) is 4.85. The lowest BCUT2D eigenvalue weighted by Gasteiger charge is -2.14. The van der Waals surface area contributed by atoms with E-state index in [1.54, 1.807) is 13.4 Å². The number of imidazole rings is 1. The second kappa shape index (κ2) is 4.90. The summed E-state index contributed by atoms with van der Waals surface area (Å²) in [6.45, 7) is 0.784. The van der Waals surface area contributed by atoms with E-state index in [-0.39, 0.29) is 6.10 Å². The van der Waals surface area contributed by atoms with Crippen LogP contribution in [0.4, 0.5) is 0 Å². The van der Waals surface area contributed by atoms with Crippen molar-refractivity contribution in [3.05, 3.63) is 18.2 Å². The molecule has 0 bridgehead atoms. The summed E-state index contributed by atoms with van der Waals surface area (Å²) in [6.07, 6.45) is 6.86. The number of H-pyrrole nitrogens is 1. The van der Waals surface area contributed by atoms with Crippen LogP contribution in [0.1, 0.15) is 18.2 Å². The largest absolute Gasteiger partial charge is 0.368 e. The Morgan fingerprint density at radius 2 is 2.63 bits per heavy atom. The standard InChI is InChI=1S/C12H16N6O/c1-14-12(17-5-13)16-3-8-7-2-10(19-11(7)8)9-4-15-6-18-9/h4,6-8,10-11H,2-3H2,1H3,(H,15,18)(H2,14,16,17)/t7-,8-,10+,11-/m0/s1. The zero-order valence-corrected chi connectivity index (χ0v) is 10.6. The molecule has 1 aliphatic heterocycles. The normalized spacial score (nSPS) is 32.5. The molecule has 0 radical (unpaired) electrons. The molecule has 0 amide bonds. The van der Waals surface area contributed by atoms with Gasteiger partial charge in [-0.05, 0) is 12.3 Å². The van der Waals surface area contributed by atoms with E-state index < -0.39 is 0 Å². The summed E-state index contributed by atoms with van der Waals surface area (Å²) in [7, 11) is 1.64. The molecule has 1 aromatic heterocycles. The van der Waals surface area contributed by atoms with Crippen LogP contribution in [0.3, 0.4) is 0 Å². The fraction of sp³-hybridized carbons (Fsp3) is 0.583. The lowest BCUT2D eigenvalue weighted by Crippen LogP contribution is -2.36. The number of hydrogen-bond acceptors (Lipinski definition) is 4. The van der Waals surface area contributed by atoms with Crippen molar-refractivity contribution in [2.24, 2.45) is 16.8 Å². The maximum atomic E-state index is 8.53. The van der Waals surface area contributed by atoms with Crippen molar-refractivity contribution < 1.29 is 4.74 Å². The van der Waals surface area contributed by atoms with Gasteiger partial charge in [0.1, 0.15) is 0 Å². The molecule has 1 saturated heterocycles. The highest BCUT2D eigenvalue weighted by Crippen LogP contribution is 2.55. The average molecular weight is 260 g/mol. The van der Waals surface area contributed by atoms with Gasteiger partial charge < -0.3 is 15.0 Å². The number of nitriles is 1. The molecule has 1 saturated carbocycles. The van der Waals surface area contributed by atoms with Crippen LogP contribution in [0.2, 0.25) is 0 Å². The van der Waals surface area contributed by atoms with Gasteiger partial charge in [0.2, 0.25) is 5.96 Å². The molecule has 19 heavy (non-hydrogen) atoms. The van der Waals surface area contributed by atoms with Crippen LogP contribution in [0.5, 0.6) is 0 Å². The highest BCUT2D eigenvalue weighted by molar-refractivity contribution is 5.81. The first kappa shape index (κ1) is 12.0. The van der Waals surface area contributed by atoms with Crippen LogP contribution in [0.15, 0.2) is 17.5 Å². The van der Waals surface area contributed by atoms with Crippen molar-refractivity contribution in [1.29, 1.82) is 5.26 Å². The van der Waals surface area contributed by atoms with Gasteiger partial charge in [-0.3, -0.25) is 10.3 Å². The Labute approximate surface area is 111 Å². The number of aliphatic imine (C=N–C) groups is 1. The number of rotatable bonds is 3. The first-order chi connectivity index (χ1) is 9.33. The third kappa shape index (κ3) is 2.27. The van der Waals surface area contributed by atoms with Crippen molar-refractivity contribution in [3.63, 3.8) is 0 Å². The first-order valence-corrected chi connectivity index (χ1v) is 6.33. The molecule has 2 heterocycles. The first-order valence-electron chi connectivity index (χ1n) is 6.33. The number of hydrogen-bond donors (Lipinski definition) is 3. The molecule has 7 heteroatoms. The smallest absolute Gasteiger partial charge is 0.204 e. The molecule has 0 unspecified atom stereocenters. The maximum absolute atomic E-state index is 8.53. The van der Waals surface area contributed by atoms with Gasteiger partial charge in [0.05, 0.1) is 30.4 Å². The predicted octanol–water partition coefficient (Wildman–Crippen LogP) is 0.132. The number of aromatic nitrogens is 2. The minimum Gasteiger partial charge on any atom is -0.368 e. The van der Waals surface area contributed by atoms with Gasteiger partial charge in [0.15, 0.2) is 6.19 Å². The van der Waals surface area contributed by atoms with Gasteiger partial charge >= 0.3 is 0 Å². The summed E-state index contributed by atoms with van der Waals surface area (Å²) in [6, 6.07) is 0. The van der Waals surface area contributed by atoms with E-state index in [1.807, 2.05) is 12.4 Å². The Morgan fingerprint density at radius 1 is 1.74 bits per heavy atom. The van der Waals surface area contributed by atoms with Crippen molar-refractivity contribution >= 4 is 5.96 Å². The summed E-state index contributed by atoms with van der Waals surface area (Å²) in [5, 5.41) is 14.2. The zero-order chi connectivity index (χ0) is 13.2. The highest BCUT2D eigenvalue weighted by atomic mass is 16.5. The predicted molar refractivity (Wildman–Crippen MR) is 67.9 cm³/mol. The number of guanidine groups is 1. The number of aromatic amines is 1. The van der Waals surface area contributed by atoms with E-state index in [4.69, 9.17) is 10.00 Å². The topological polar surface area (TPSA) is 98.1 Å². The van der Waals surface area contributed by atoms with E-state index >= 15 is 0 Å². The van der Waals surface area contributed by atoms with E-state index in [2.05, 4.69) is 25.6 Å². The number of nitrogens with zero attached hydrogens (tertiary/aromatic N) is 3. The zero-order valence-electron chi connectivity index (χ0n) is 10.6. The Kier molecular flexibility index (Phi) is 3.09. The van der Waals surface area contributed by atoms with Crippen LogP contribution in [0, 0.1) is 23.3 Å². The van der Waals surface area contributed by atoms with Crippen molar-refractivity contribution in [2.45, 2.75) is 18.6 Å². The minimum atomic E-state index is 0.158. The maximum Gasteiger partial charge on any atom is 0.204 e. The molecule has 1 aliphatic carbocycles. The number of ether oxygens (including phenoxy) is 1. The van der Waals surface area contributed by atoms with E-state index in [1.165, 1.54) is 0 Å². The van der Waals surface area contributed by atoms with Gasteiger partial charge in [-0.1, -0.05) is 0 Å². The highest BCUT2D eigenvalue weighted by Gasteiger charge is 2.57. The van der Waals surface area contributed by atoms with Crippen molar-refractivity contribution in [3.8, 4) is 6.19 Å². The van der Waals surface area contributed by atoms with Gasteiger partial charge in [-0.15, -0.1) is 0 Å². The van der Waals surface area contributed by atoms with Gasteiger partial charge in [-0.25, -0.2) is 4.98 Å². The number of fused-ring (bicyclic) bond motifs is 1. The third-order valence-electron chi connectivity index (χ3n) is 3.83. The Balaban J connectivity index is 1.46. The van der Waals surface area contributed by atoms with Gasteiger partial charge in [0, 0.05) is 19.5 Å². The monoisotopic (exact) mass is 260 g/mol. The van der Waals surface area contributed by atoms with E-state index in [9.17, 15) is 0 Å². The molecule has 100 valence electrons. The third-order valence-corrected chi connectivity index (χ3v) is 3.83. The van der Waals surface area contributed by atoms with Gasteiger partial charge in [-0.2, -0.15) is 5.26 Å². The van der Waals surface area contributed by atoms with Crippen LogP contribution < -0.4 is 10.6 Å². The Morgan fingerprint density at radius 3 is 3.21 bits per heavy atom. The van der Waals surface area contributed by atoms with Crippen LogP contribution >= 0.6 is 0 Å². The molecule has 2 aliphatic rings. The minimum absolute atomic E-state index is 0.158. The number of nitrogens with one attached hydrogen (secondary N) is 3. The van der Waals surface area contributed by atoms with Crippen LogP contribution in [0.25, 0.3) is 0 Å². The lowest BCUT2D eigenvalue weighted by molar-refractivity contribution is 0.0570. The molecule has 2 fully saturated rings. The molecule has 7 nitrogen and oxygen atoms in total. The van der Waals surface area contributed by atoms with Crippen LogP contribution in [-0.2, 0) is 4.74 Å². The second-order valence-corrected chi connectivity index (χ2v) is 4.85. The fourth-order valence-electron chi connectivity index (χ4n) is 2.77. The fourth-order valence-corrected chi connectivity index (χ4v) is 2.77. The summed E-state index contributed by atoms with van der Waals surface area (Å²) < 4.78 is 5.98. The molecular formula is C12H16N6O. The van der Waals surface area contributed by atoms with Crippen LogP contribution in [-0.4, -0.2) is 35.6 Å². The van der Waals surface area contributed by atoms with E-state index in [0.717, 1.165) is 18.7 Å². The summed E-state index contributed by atoms with van der Waals surface area (Å²) in [5.41, 5.74) is 1.06. The van der Waals surface area contributed by atoms with Crippen molar-refractivity contribution in [1.82, 2.24) is 20.6 Å². The quantitative estimate of drug-likeness (QED) is 0.310. The van der Waals surface area contributed by atoms with Crippen molar-refractivity contribution in [2.75, 3.05) is 13.6 Å². The Bertz CT molecular complexity index is 493. The molecular weight excluding hydrogens is 244 g/mol. The lowest BCUT2D eigenvalue weighted by atomic mass is 10.1. The summed E-state index contributed by atoms with van der Waals surface area (Å²) in [5.74, 6) is 1.62. The molecule has 1 aromatic rings. The summed E-state index contributed by atoms with van der Waals surface area (Å²) in [4.78, 5) is 11.1. The average Bonchev–Trinajstić information content (AvgIpc) is 2.87. The molecule has 3 N–H and O–H groups in total. The van der Waals surface area contributed by atoms with E-state index in [0.29, 0.717) is 23.9 Å². The molecule has 3 rings (SSSR count).